The summed E-state index contributed by atoms with van der Waals surface area (Å²) in [5, 5.41) is 7.20. The van der Waals surface area contributed by atoms with Crippen LogP contribution in [0.15, 0.2) is 54.6 Å². The first-order valence-electron chi connectivity index (χ1n) is 9.66. The van der Waals surface area contributed by atoms with Crippen LogP contribution in [0.4, 0.5) is 5.69 Å². The number of Topliss-reactive ketones (excluding diaryl/α,β-unsaturated/α-hetero) is 1. The highest BCUT2D eigenvalue weighted by Gasteiger charge is 2.16. The van der Waals surface area contributed by atoms with Crippen molar-refractivity contribution >= 4 is 23.3 Å². The van der Waals surface area contributed by atoms with Crippen molar-refractivity contribution in [3.8, 4) is 11.4 Å². The van der Waals surface area contributed by atoms with Crippen LogP contribution in [-0.4, -0.2) is 40.7 Å². The minimum atomic E-state index is -0.681. The number of rotatable bonds is 8. The Morgan fingerprint density at radius 2 is 1.65 bits per heavy atom. The number of anilines is 1. The number of carbonyl (C=O) groups is 3. The molecule has 1 N–H and O–H groups in total. The lowest BCUT2D eigenvalue weighted by Gasteiger charge is -2.09. The molecule has 31 heavy (non-hydrogen) atoms. The number of hydrogen-bond acceptors (Lipinski definition) is 6. The molecule has 0 unspecified atom stereocenters. The molecule has 8 nitrogen and oxygen atoms in total. The summed E-state index contributed by atoms with van der Waals surface area (Å²) < 4.78 is 12.0. The zero-order valence-corrected chi connectivity index (χ0v) is 17.5. The van der Waals surface area contributed by atoms with Gasteiger partial charge in [-0.3, -0.25) is 9.59 Å². The molecule has 0 radical (unpaired) electrons. The molecule has 1 aromatic heterocycles. The van der Waals surface area contributed by atoms with Crippen molar-refractivity contribution in [1.82, 2.24) is 9.78 Å². The Labute approximate surface area is 179 Å². The molecule has 2 aromatic carbocycles. The minimum Gasteiger partial charge on any atom is -0.482 e. The Morgan fingerprint density at radius 3 is 2.29 bits per heavy atom. The van der Waals surface area contributed by atoms with Gasteiger partial charge in [-0.2, -0.15) is 5.10 Å². The normalized spacial score (nSPS) is 10.4. The maximum absolute atomic E-state index is 12.2. The van der Waals surface area contributed by atoms with Crippen molar-refractivity contribution in [2.24, 2.45) is 0 Å². The largest absolute Gasteiger partial charge is 0.482 e. The molecule has 1 heterocycles. The Morgan fingerprint density at radius 1 is 0.968 bits per heavy atom. The quantitative estimate of drug-likeness (QED) is 0.443. The number of esters is 1. The number of benzene rings is 2. The predicted octanol–water partition coefficient (Wildman–Crippen LogP) is 3.25. The van der Waals surface area contributed by atoms with Crippen LogP contribution in [0.5, 0.6) is 5.75 Å². The molecule has 0 saturated heterocycles. The molecule has 0 aliphatic carbocycles. The third-order valence-electron chi connectivity index (χ3n) is 4.54. The van der Waals surface area contributed by atoms with E-state index in [1.807, 2.05) is 37.3 Å². The summed E-state index contributed by atoms with van der Waals surface area (Å²) in [5.41, 5.74) is 3.42. The highest BCUT2D eigenvalue weighted by Crippen LogP contribution is 2.22. The van der Waals surface area contributed by atoms with E-state index in [0.717, 1.165) is 11.4 Å². The maximum Gasteiger partial charge on any atom is 0.344 e. The van der Waals surface area contributed by atoms with Gasteiger partial charge in [0.1, 0.15) is 5.75 Å². The lowest BCUT2D eigenvalue weighted by molar-refractivity contribution is -0.149. The van der Waals surface area contributed by atoms with Gasteiger partial charge >= 0.3 is 5.97 Å². The first-order valence-corrected chi connectivity index (χ1v) is 9.66. The molecule has 0 fully saturated rings. The van der Waals surface area contributed by atoms with Crippen molar-refractivity contribution in [2.45, 2.75) is 20.8 Å². The van der Waals surface area contributed by atoms with Gasteiger partial charge in [0, 0.05) is 5.56 Å². The van der Waals surface area contributed by atoms with Crippen molar-refractivity contribution < 1.29 is 23.9 Å². The second-order valence-corrected chi connectivity index (χ2v) is 6.87. The standard InChI is InChI=1S/C23H23N3O5/c1-15-23(16(2)26(25-15)19-7-5-4-6-8-19)24-21(28)13-31-22(29)14-30-20-11-9-18(10-12-20)17(3)27/h4-12H,13-14H2,1-3H3,(H,24,28). The molecule has 0 saturated carbocycles. The summed E-state index contributed by atoms with van der Waals surface area (Å²) in [7, 11) is 0. The van der Waals surface area contributed by atoms with E-state index in [9.17, 15) is 14.4 Å². The molecule has 0 aliphatic heterocycles. The first-order chi connectivity index (χ1) is 14.8. The third kappa shape index (κ3) is 5.57. The lowest BCUT2D eigenvalue weighted by atomic mass is 10.1. The number of aryl methyl sites for hydroxylation is 1. The van der Waals surface area contributed by atoms with Crippen molar-refractivity contribution in [2.75, 3.05) is 18.5 Å². The van der Waals surface area contributed by atoms with Gasteiger partial charge in [0.15, 0.2) is 19.0 Å². The fourth-order valence-corrected chi connectivity index (χ4v) is 2.94. The molecule has 3 rings (SSSR count). The van der Waals surface area contributed by atoms with Gasteiger partial charge in [0.25, 0.3) is 5.91 Å². The molecule has 160 valence electrons. The fraction of sp³-hybridized carbons (Fsp3) is 0.217. The molecule has 0 spiro atoms. The number of amides is 1. The van der Waals surface area contributed by atoms with Gasteiger partial charge < -0.3 is 14.8 Å². The van der Waals surface area contributed by atoms with Crippen LogP contribution in [-0.2, 0) is 14.3 Å². The number of aromatic nitrogens is 2. The van der Waals surface area contributed by atoms with Gasteiger partial charge in [-0.1, -0.05) is 18.2 Å². The zero-order valence-electron chi connectivity index (χ0n) is 17.5. The number of ether oxygens (including phenoxy) is 2. The van der Waals surface area contributed by atoms with Crippen molar-refractivity contribution in [3.05, 3.63) is 71.5 Å². The average Bonchev–Trinajstić information content (AvgIpc) is 3.05. The number of nitrogens with zero attached hydrogens (tertiary/aromatic N) is 2. The summed E-state index contributed by atoms with van der Waals surface area (Å²) in [4.78, 5) is 35.4. The van der Waals surface area contributed by atoms with E-state index in [2.05, 4.69) is 10.4 Å². The van der Waals surface area contributed by atoms with E-state index in [1.165, 1.54) is 6.92 Å². The highest BCUT2D eigenvalue weighted by molar-refractivity contribution is 5.94. The Bertz CT molecular complexity index is 1090. The second-order valence-electron chi connectivity index (χ2n) is 6.87. The van der Waals surface area contributed by atoms with E-state index in [0.29, 0.717) is 22.7 Å². The van der Waals surface area contributed by atoms with E-state index in [1.54, 1.807) is 35.9 Å². The molecular formula is C23H23N3O5. The molecule has 3 aromatic rings. The Balaban J connectivity index is 1.50. The molecule has 0 aliphatic rings. The number of para-hydroxylation sites is 1. The van der Waals surface area contributed by atoms with Crippen LogP contribution in [0, 0.1) is 13.8 Å². The summed E-state index contributed by atoms with van der Waals surface area (Å²) in [6, 6.07) is 16.0. The molecule has 0 atom stereocenters. The van der Waals surface area contributed by atoms with Gasteiger partial charge in [-0.15, -0.1) is 0 Å². The summed E-state index contributed by atoms with van der Waals surface area (Å²) >= 11 is 0. The van der Waals surface area contributed by atoms with E-state index in [-0.39, 0.29) is 12.4 Å². The smallest absolute Gasteiger partial charge is 0.344 e. The lowest BCUT2D eigenvalue weighted by Crippen LogP contribution is -2.24. The predicted molar refractivity (Wildman–Crippen MR) is 115 cm³/mol. The van der Waals surface area contributed by atoms with Crippen LogP contribution in [0.1, 0.15) is 28.7 Å². The van der Waals surface area contributed by atoms with Crippen LogP contribution in [0.25, 0.3) is 5.69 Å². The number of hydrogen-bond donors (Lipinski definition) is 1. The summed E-state index contributed by atoms with van der Waals surface area (Å²) in [5.74, 6) is -0.792. The van der Waals surface area contributed by atoms with Gasteiger partial charge in [-0.25, -0.2) is 9.48 Å². The summed E-state index contributed by atoms with van der Waals surface area (Å²) in [6.07, 6.45) is 0. The van der Waals surface area contributed by atoms with E-state index < -0.39 is 18.5 Å². The summed E-state index contributed by atoms with van der Waals surface area (Å²) in [6.45, 7) is 4.31. The molecule has 1 amide bonds. The van der Waals surface area contributed by atoms with Crippen molar-refractivity contribution in [3.63, 3.8) is 0 Å². The second kappa shape index (κ2) is 9.71. The van der Waals surface area contributed by atoms with Gasteiger partial charge in [0.2, 0.25) is 0 Å². The SMILES string of the molecule is CC(=O)c1ccc(OCC(=O)OCC(=O)Nc2c(C)nn(-c3ccccc3)c2C)cc1. The Hall–Kier alpha value is -3.94. The fourth-order valence-electron chi connectivity index (χ4n) is 2.94. The van der Waals surface area contributed by atoms with Crippen LogP contribution in [0.2, 0.25) is 0 Å². The van der Waals surface area contributed by atoms with E-state index in [4.69, 9.17) is 9.47 Å². The first kappa shape index (κ1) is 21.8. The minimum absolute atomic E-state index is 0.0586. The van der Waals surface area contributed by atoms with Crippen molar-refractivity contribution in [1.29, 1.82) is 0 Å². The van der Waals surface area contributed by atoms with Crippen LogP contribution in [0.3, 0.4) is 0 Å². The maximum atomic E-state index is 12.2. The monoisotopic (exact) mass is 421 g/mol. The van der Waals surface area contributed by atoms with Gasteiger partial charge in [0.05, 0.1) is 22.8 Å². The molecule has 8 heteroatoms. The highest BCUT2D eigenvalue weighted by atomic mass is 16.6. The number of ketones is 1. The molecule has 0 bridgehead atoms. The zero-order chi connectivity index (χ0) is 22.4. The number of nitrogens with one attached hydrogen (secondary N) is 1. The Kier molecular flexibility index (Phi) is 6.81. The topological polar surface area (TPSA) is 99.5 Å². The van der Waals surface area contributed by atoms with Crippen LogP contribution >= 0.6 is 0 Å². The third-order valence-corrected chi connectivity index (χ3v) is 4.54. The van der Waals surface area contributed by atoms with E-state index >= 15 is 0 Å². The number of carbonyl (C=O) groups excluding carboxylic acids is 3. The average molecular weight is 421 g/mol. The van der Waals surface area contributed by atoms with Gasteiger partial charge in [-0.05, 0) is 57.2 Å². The van der Waals surface area contributed by atoms with Crippen LogP contribution < -0.4 is 10.1 Å². The molecular weight excluding hydrogens is 398 g/mol.